The van der Waals surface area contributed by atoms with E-state index in [0.717, 1.165) is 25.7 Å². The van der Waals surface area contributed by atoms with Crippen LogP contribution in [0, 0.1) is 5.92 Å². The smallest absolute Gasteiger partial charge is 0.252 e. The number of rotatable bonds is 8. The van der Waals surface area contributed by atoms with Crippen LogP contribution in [-0.2, 0) is 4.79 Å². The summed E-state index contributed by atoms with van der Waals surface area (Å²) >= 11 is 0. The SMILES string of the molecule is C=CCNC(=O)C(C)(O)[C@@H](CC)CCCC.CC.CC. The largest absolute Gasteiger partial charge is 0.380 e. The summed E-state index contributed by atoms with van der Waals surface area (Å²) in [6.07, 6.45) is 5.45. The minimum Gasteiger partial charge on any atom is -0.380 e. The summed E-state index contributed by atoms with van der Waals surface area (Å²) in [5, 5.41) is 12.9. The number of unbranched alkanes of at least 4 members (excludes halogenated alkanes) is 1. The first-order valence-corrected chi connectivity index (χ1v) is 8.12. The molecule has 1 unspecified atom stereocenters. The molecule has 0 aromatic carbocycles. The third kappa shape index (κ3) is 10.0. The van der Waals surface area contributed by atoms with Gasteiger partial charge in [0.2, 0.25) is 0 Å². The first-order chi connectivity index (χ1) is 9.50. The predicted molar refractivity (Wildman–Crippen MR) is 89.8 cm³/mol. The van der Waals surface area contributed by atoms with E-state index < -0.39 is 5.60 Å². The summed E-state index contributed by atoms with van der Waals surface area (Å²) in [6.45, 7) is 17.7. The van der Waals surface area contributed by atoms with E-state index in [2.05, 4.69) is 18.8 Å². The molecular weight excluding hydrogens is 250 g/mol. The first-order valence-electron chi connectivity index (χ1n) is 8.12. The standard InChI is InChI=1S/C13H25NO2.2C2H6/c1-5-8-9-11(7-3)13(4,16)12(15)14-10-6-2;2*1-2/h6,11,16H,2,5,7-10H2,1,3-4H3,(H,14,15);2*1-2H3/t11-,13?;;/m0../s1. The highest BCUT2D eigenvalue weighted by molar-refractivity contribution is 5.84. The van der Waals surface area contributed by atoms with Crippen LogP contribution >= 0.6 is 0 Å². The van der Waals surface area contributed by atoms with Crippen molar-refractivity contribution >= 4 is 5.91 Å². The van der Waals surface area contributed by atoms with Crippen molar-refractivity contribution in [2.24, 2.45) is 5.92 Å². The van der Waals surface area contributed by atoms with Crippen LogP contribution in [0.2, 0.25) is 0 Å². The molecule has 0 fully saturated rings. The van der Waals surface area contributed by atoms with Crippen LogP contribution in [0.5, 0.6) is 0 Å². The van der Waals surface area contributed by atoms with E-state index in [4.69, 9.17) is 0 Å². The van der Waals surface area contributed by atoms with Crippen molar-refractivity contribution in [2.45, 2.75) is 79.8 Å². The fourth-order valence-electron chi connectivity index (χ4n) is 1.86. The predicted octanol–water partition coefficient (Wildman–Crippen LogP) is 4.31. The second-order valence-corrected chi connectivity index (χ2v) is 4.39. The molecule has 0 saturated heterocycles. The number of amides is 1. The number of aliphatic hydroxyl groups is 1. The second-order valence-electron chi connectivity index (χ2n) is 4.39. The van der Waals surface area contributed by atoms with Gasteiger partial charge < -0.3 is 10.4 Å². The molecule has 0 aliphatic rings. The Morgan fingerprint density at radius 3 is 2.15 bits per heavy atom. The normalized spacial score (nSPS) is 13.6. The lowest BCUT2D eigenvalue weighted by molar-refractivity contribution is -0.144. The molecule has 2 N–H and O–H groups in total. The van der Waals surface area contributed by atoms with Crippen LogP contribution in [0.25, 0.3) is 0 Å². The van der Waals surface area contributed by atoms with Gasteiger partial charge >= 0.3 is 0 Å². The number of nitrogens with one attached hydrogen (secondary N) is 1. The Morgan fingerprint density at radius 1 is 1.30 bits per heavy atom. The summed E-state index contributed by atoms with van der Waals surface area (Å²) in [4.78, 5) is 11.8. The van der Waals surface area contributed by atoms with Crippen LogP contribution in [0.15, 0.2) is 12.7 Å². The van der Waals surface area contributed by atoms with Crippen LogP contribution in [0.4, 0.5) is 0 Å². The lowest BCUT2D eigenvalue weighted by atomic mass is 9.82. The lowest BCUT2D eigenvalue weighted by Gasteiger charge is -2.31. The zero-order valence-corrected chi connectivity index (χ0v) is 14.8. The van der Waals surface area contributed by atoms with Gasteiger partial charge in [-0.05, 0) is 19.3 Å². The molecule has 0 saturated carbocycles. The zero-order valence-electron chi connectivity index (χ0n) is 14.8. The minimum absolute atomic E-state index is 0.0252. The monoisotopic (exact) mass is 287 g/mol. The average Bonchev–Trinajstić information content (AvgIpc) is 2.49. The topological polar surface area (TPSA) is 49.3 Å². The molecular formula is C17H37NO2. The van der Waals surface area contributed by atoms with Gasteiger partial charge in [0, 0.05) is 6.54 Å². The van der Waals surface area contributed by atoms with Gasteiger partial charge in [0.15, 0.2) is 0 Å². The second kappa shape index (κ2) is 16.2. The molecule has 0 aliphatic carbocycles. The van der Waals surface area contributed by atoms with Gasteiger partial charge in [-0.3, -0.25) is 4.79 Å². The minimum atomic E-state index is -1.27. The van der Waals surface area contributed by atoms with Crippen LogP contribution in [-0.4, -0.2) is 23.2 Å². The molecule has 0 radical (unpaired) electrons. The van der Waals surface area contributed by atoms with Gasteiger partial charge in [0.1, 0.15) is 5.60 Å². The van der Waals surface area contributed by atoms with E-state index in [-0.39, 0.29) is 11.8 Å². The van der Waals surface area contributed by atoms with Gasteiger partial charge in [-0.1, -0.05) is 66.9 Å². The Kier molecular flexibility index (Phi) is 19.6. The highest BCUT2D eigenvalue weighted by atomic mass is 16.3. The average molecular weight is 287 g/mol. The van der Waals surface area contributed by atoms with E-state index in [0.29, 0.717) is 6.54 Å². The Balaban J connectivity index is -0.000000656. The number of hydrogen-bond donors (Lipinski definition) is 2. The highest BCUT2D eigenvalue weighted by Gasteiger charge is 2.37. The first kappa shape index (κ1) is 24.2. The van der Waals surface area contributed by atoms with Gasteiger partial charge in [0.05, 0.1) is 0 Å². The fourth-order valence-corrected chi connectivity index (χ4v) is 1.86. The molecule has 2 atom stereocenters. The van der Waals surface area contributed by atoms with Gasteiger partial charge in [0.25, 0.3) is 5.91 Å². The molecule has 0 bridgehead atoms. The molecule has 3 nitrogen and oxygen atoms in total. The van der Waals surface area contributed by atoms with E-state index in [9.17, 15) is 9.90 Å². The molecule has 0 aromatic rings. The van der Waals surface area contributed by atoms with E-state index in [1.807, 2.05) is 34.6 Å². The van der Waals surface area contributed by atoms with Crippen molar-refractivity contribution in [1.29, 1.82) is 0 Å². The maximum atomic E-state index is 11.8. The zero-order chi connectivity index (χ0) is 16.6. The molecule has 0 aromatic heterocycles. The molecule has 1 amide bonds. The molecule has 20 heavy (non-hydrogen) atoms. The molecule has 0 heterocycles. The third-order valence-corrected chi connectivity index (χ3v) is 3.06. The Morgan fingerprint density at radius 2 is 1.80 bits per heavy atom. The fraction of sp³-hybridized carbons (Fsp3) is 0.824. The number of carbonyl (C=O) groups is 1. The molecule has 0 spiro atoms. The maximum absolute atomic E-state index is 11.8. The van der Waals surface area contributed by atoms with Crippen LogP contribution in [0.3, 0.4) is 0 Å². The quantitative estimate of drug-likeness (QED) is 0.654. The van der Waals surface area contributed by atoms with Gasteiger partial charge in [-0.2, -0.15) is 0 Å². The van der Waals surface area contributed by atoms with Crippen molar-refractivity contribution in [2.75, 3.05) is 6.54 Å². The third-order valence-electron chi connectivity index (χ3n) is 3.06. The highest BCUT2D eigenvalue weighted by Crippen LogP contribution is 2.26. The molecule has 0 aliphatic heterocycles. The summed E-state index contributed by atoms with van der Waals surface area (Å²) in [7, 11) is 0. The molecule has 122 valence electrons. The van der Waals surface area contributed by atoms with Crippen molar-refractivity contribution in [3.05, 3.63) is 12.7 Å². The van der Waals surface area contributed by atoms with Gasteiger partial charge in [-0.25, -0.2) is 0 Å². The van der Waals surface area contributed by atoms with Crippen LogP contribution in [0.1, 0.15) is 74.1 Å². The van der Waals surface area contributed by atoms with Crippen molar-refractivity contribution in [3.8, 4) is 0 Å². The summed E-state index contributed by atoms with van der Waals surface area (Å²) in [5.41, 5.74) is -1.27. The van der Waals surface area contributed by atoms with Crippen molar-refractivity contribution in [3.63, 3.8) is 0 Å². The number of carbonyl (C=O) groups excluding carboxylic acids is 1. The Labute approximate surface area is 126 Å². The van der Waals surface area contributed by atoms with Crippen molar-refractivity contribution in [1.82, 2.24) is 5.32 Å². The summed E-state index contributed by atoms with van der Waals surface area (Å²) in [6, 6.07) is 0. The lowest BCUT2D eigenvalue weighted by Crippen LogP contribution is -2.49. The molecule has 0 rings (SSSR count). The van der Waals surface area contributed by atoms with E-state index in [1.54, 1.807) is 13.0 Å². The van der Waals surface area contributed by atoms with Crippen LogP contribution < -0.4 is 5.32 Å². The Bertz CT molecular complexity index is 225. The summed E-state index contributed by atoms with van der Waals surface area (Å²) in [5.74, 6) is -0.271. The molecule has 3 heteroatoms. The maximum Gasteiger partial charge on any atom is 0.252 e. The van der Waals surface area contributed by atoms with E-state index >= 15 is 0 Å². The van der Waals surface area contributed by atoms with Gasteiger partial charge in [-0.15, -0.1) is 6.58 Å². The van der Waals surface area contributed by atoms with E-state index in [1.165, 1.54) is 0 Å². The van der Waals surface area contributed by atoms with Crippen molar-refractivity contribution < 1.29 is 9.90 Å². The number of hydrogen-bond acceptors (Lipinski definition) is 2. The summed E-state index contributed by atoms with van der Waals surface area (Å²) < 4.78 is 0. The Hall–Kier alpha value is -0.830.